The van der Waals surface area contributed by atoms with Crippen LogP contribution in [0, 0.1) is 17.1 Å². The predicted molar refractivity (Wildman–Crippen MR) is 83.5 cm³/mol. The van der Waals surface area contributed by atoms with Gasteiger partial charge in [-0.15, -0.1) is 0 Å². The summed E-state index contributed by atoms with van der Waals surface area (Å²) >= 11 is 0. The van der Waals surface area contributed by atoms with Crippen molar-refractivity contribution in [2.24, 2.45) is 0 Å². The van der Waals surface area contributed by atoms with Gasteiger partial charge in [0.05, 0.1) is 11.1 Å². The molecule has 0 radical (unpaired) electrons. The highest BCUT2D eigenvalue weighted by Gasteiger charge is 2.24. The summed E-state index contributed by atoms with van der Waals surface area (Å²) in [5.74, 6) is 0.00576. The fraction of sp³-hybridized carbons (Fsp3) is 0.235. The second-order valence-corrected chi connectivity index (χ2v) is 5.28. The lowest BCUT2D eigenvalue weighted by atomic mass is 10.1. The first-order valence-corrected chi connectivity index (χ1v) is 7.34. The van der Waals surface area contributed by atoms with Crippen molar-refractivity contribution in [2.75, 3.05) is 31.1 Å². The van der Waals surface area contributed by atoms with Crippen LogP contribution in [0.4, 0.5) is 10.2 Å². The number of amides is 1. The molecule has 2 heterocycles. The van der Waals surface area contributed by atoms with E-state index >= 15 is 0 Å². The Bertz CT molecular complexity index is 746. The van der Waals surface area contributed by atoms with Crippen LogP contribution < -0.4 is 4.90 Å². The van der Waals surface area contributed by atoms with Crippen LogP contribution in [0.5, 0.6) is 0 Å². The molecule has 0 bridgehead atoms. The van der Waals surface area contributed by atoms with Crippen molar-refractivity contribution in [3.05, 3.63) is 59.5 Å². The van der Waals surface area contributed by atoms with Crippen molar-refractivity contribution >= 4 is 11.7 Å². The Morgan fingerprint density at radius 2 is 1.87 bits per heavy atom. The van der Waals surface area contributed by atoms with E-state index in [-0.39, 0.29) is 11.5 Å². The quantitative estimate of drug-likeness (QED) is 0.852. The number of piperazine rings is 1. The lowest BCUT2D eigenvalue weighted by Crippen LogP contribution is -2.49. The molecule has 0 saturated carbocycles. The van der Waals surface area contributed by atoms with Crippen LogP contribution in [0.1, 0.15) is 15.9 Å². The molecule has 0 spiro atoms. The number of hydrogen-bond donors (Lipinski definition) is 0. The minimum absolute atomic E-state index is 0.109. The van der Waals surface area contributed by atoms with Gasteiger partial charge in [0.15, 0.2) is 0 Å². The van der Waals surface area contributed by atoms with Crippen molar-refractivity contribution < 1.29 is 9.18 Å². The Labute approximate surface area is 133 Å². The van der Waals surface area contributed by atoms with Crippen molar-refractivity contribution in [2.45, 2.75) is 0 Å². The molecule has 3 rings (SSSR count). The summed E-state index contributed by atoms with van der Waals surface area (Å²) in [6.07, 6.45) is 1.53. The molecule has 2 aromatic rings. The summed E-state index contributed by atoms with van der Waals surface area (Å²) < 4.78 is 13.7. The number of hydrogen-bond acceptors (Lipinski definition) is 4. The molecular formula is C17H15FN4O. The fourth-order valence-electron chi connectivity index (χ4n) is 2.58. The number of pyridine rings is 1. The monoisotopic (exact) mass is 310 g/mol. The first-order chi connectivity index (χ1) is 11.2. The van der Waals surface area contributed by atoms with E-state index in [4.69, 9.17) is 5.26 Å². The number of nitrogens with zero attached hydrogens (tertiary/aromatic N) is 4. The first kappa shape index (κ1) is 15.0. The van der Waals surface area contributed by atoms with Gasteiger partial charge in [0, 0.05) is 32.4 Å². The number of carbonyl (C=O) groups excluding carboxylic acids is 1. The zero-order valence-corrected chi connectivity index (χ0v) is 12.4. The van der Waals surface area contributed by atoms with Crippen molar-refractivity contribution in [3.8, 4) is 6.07 Å². The average molecular weight is 310 g/mol. The molecule has 0 N–H and O–H groups in total. The molecule has 23 heavy (non-hydrogen) atoms. The Balaban J connectivity index is 1.65. The number of halogens is 1. The van der Waals surface area contributed by atoms with Crippen LogP contribution in [-0.4, -0.2) is 42.0 Å². The minimum atomic E-state index is -0.492. The van der Waals surface area contributed by atoms with E-state index in [0.717, 1.165) is 5.82 Å². The van der Waals surface area contributed by atoms with Gasteiger partial charge in [-0.25, -0.2) is 9.37 Å². The second kappa shape index (κ2) is 6.44. The Morgan fingerprint density at radius 1 is 1.13 bits per heavy atom. The van der Waals surface area contributed by atoms with Crippen molar-refractivity contribution in [3.63, 3.8) is 0 Å². The maximum absolute atomic E-state index is 13.7. The molecule has 0 aliphatic carbocycles. The van der Waals surface area contributed by atoms with Crippen molar-refractivity contribution in [1.82, 2.24) is 9.88 Å². The van der Waals surface area contributed by atoms with E-state index < -0.39 is 5.82 Å². The summed E-state index contributed by atoms with van der Waals surface area (Å²) in [5.41, 5.74) is 0.625. The third kappa shape index (κ3) is 3.14. The van der Waals surface area contributed by atoms with Crippen LogP contribution in [0.15, 0.2) is 42.6 Å². The van der Waals surface area contributed by atoms with E-state index in [1.807, 2.05) is 11.0 Å². The van der Waals surface area contributed by atoms with Gasteiger partial charge in [0.2, 0.25) is 0 Å². The van der Waals surface area contributed by atoms with E-state index in [1.165, 1.54) is 18.3 Å². The van der Waals surface area contributed by atoms with Crippen molar-refractivity contribution in [1.29, 1.82) is 5.26 Å². The minimum Gasteiger partial charge on any atom is -0.353 e. The van der Waals surface area contributed by atoms with Crippen LogP contribution >= 0.6 is 0 Å². The third-order valence-electron chi connectivity index (χ3n) is 3.87. The van der Waals surface area contributed by atoms with Crippen LogP contribution in [-0.2, 0) is 0 Å². The summed E-state index contributed by atoms with van der Waals surface area (Å²) in [6.45, 7) is 2.27. The number of anilines is 1. The SMILES string of the molecule is N#Cc1ccc(N2CCN(C(=O)c3ccccc3F)CC2)nc1. The van der Waals surface area contributed by atoms with Gasteiger partial charge in [0.1, 0.15) is 17.7 Å². The van der Waals surface area contributed by atoms with Gasteiger partial charge in [-0.3, -0.25) is 4.79 Å². The molecule has 1 aromatic heterocycles. The van der Waals surface area contributed by atoms with Gasteiger partial charge in [-0.05, 0) is 24.3 Å². The Kier molecular flexibility index (Phi) is 4.20. The zero-order valence-electron chi connectivity index (χ0n) is 12.4. The van der Waals surface area contributed by atoms with Gasteiger partial charge in [0.25, 0.3) is 5.91 Å². The lowest BCUT2D eigenvalue weighted by Gasteiger charge is -2.35. The highest BCUT2D eigenvalue weighted by Crippen LogP contribution is 2.16. The van der Waals surface area contributed by atoms with E-state index in [9.17, 15) is 9.18 Å². The standard InChI is InChI=1S/C17H15FN4O/c18-15-4-2-1-3-14(15)17(23)22-9-7-21(8-10-22)16-6-5-13(11-19)12-20-16/h1-6,12H,7-10H2. The molecule has 1 aromatic carbocycles. The fourth-order valence-corrected chi connectivity index (χ4v) is 2.58. The number of nitriles is 1. The molecule has 1 aliphatic rings. The molecule has 116 valence electrons. The van der Waals surface area contributed by atoms with Crippen LogP contribution in [0.3, 0.4) is 0 Å². The van der Waals surface area contributed by atoms with Crippen LogP contribution in [0.2, 0.25) is 0 Å². The molecule has 5 nitrogen and oxygen atoms in total. The second-order valence-electron chi connectivity index (χ2n) is 5.28. The number of rotatable bonds is 2. The predicted octanol–water partition coefficient (Wildman–Crippen LogP) is 2.05. The Hall–Kier alpha value is -2.94. The van der Waals surface area contributed by atoms with E-state index in [2.05, 4.69) is 4.98 Å². The van der Waals surface area contributed by atoms with E-state index in [0.29, 0.717) is 31.7 Å². The first-order valence-electron chi connectivity index (χ1n) is 7.34. The lowest BCUT2D eigenvalue weighted by molar-refractivity contribution is 0.0742. The zero-order chi connectivity index (χ0) is 16.2. The van der Waals surface area contributed by atoms with Gasteiger partial charge >= 0.3 is 0 Å². The molecule has 1 amide bonds. The summed E-state index contributed by atoms with van der Waals surface area (Å²) in [6, 6.07) is 11.6. The number of aromatic nitrogens is 1. The molecular weight excluding hydrogens is 295 g/mol. The Morgan fingerprint density at radius 3 is 2.48 bits per heavy atom. The number of carbonyl (C=O) groups is 1. The third-order valence-corrected chi connectivity index (χ3v) is 3.87. The highest BCUT2D eigenvalue weighted by atomic mass is 19.1. The topological polar surface area (TPSA) is 60.2 Å². The van der Waals surface area contributed by atoms with Gasteiger partial charge < -0.3 is 9.80 Å². The molecule has 0 atom stereocenters. The number of benzene rings is 1. The summed E-state index contributed by atoms with van der Waals surface area (Å²) in [7, 11) is 0. The summed E-state index contributed by atoms with van der Waals surface area (Å²) in [4.78, 5) is 20.3. The maximum atomic E-state index is 13.7. The molecule has 1 saturated heterocycles. The normalized spacial score (nSPS) is 14.4. The molecule has 6 heteroatoms. The average Bonchev–Trinajstić information content (AvgIpc) is 2.62. The van der Waals surface area contributed by atoms with Gasteiger partial charge in [-0.1, -0.05) is 12.1 Å². The maximum Gasteiger partial charge on any atom is 0.256 e. The van der Waals surface area contributed by atoms with Crippen LogP contribution in [0.25, 0.3) is 0 Å². The molecule has 0 unspecified atom stereocenters. The highest BCUT2D eigenvalue weighted by molar-refractivity contribution is 5.94. The van der Waals surface area contributed by atoms with E-state index in [1.54, 1.807) is 29.2 Å². The largest absolute Gasteiger partial charge is 0.353 e. The molecule has 1 aliphatic heterocycles. The molecule has 1 fully saturated rings. The summed E-state index contributed by atoms with van der Waals surface area (Å²) in [5, 5.41) is 8.79. The van der Waals surface area contributed by atoms with Gasteiger partial charge in [-0.2, -0.15) is 5.26 Å². The smallest absolute Gasteiger partial charge is 0.256 e.